The van der Waals surface area contributed by atoms with E-state index in [0.29, 0.717) is 24.2 Å². The van der Waals surface area contributed by atoms with Gasteiger partial charge >= 0.3 is 6.09 Å². The second kappa shape index (κ2) is 7.74. The third kappa shape index (κ3) is 4.90. The molecular formula is C18H30N6O3. The number of nitrogens with zero attached hydrogens (tertiary/aromatic N) is 4. The Bertz CT molecular complexity index is 682. The molecule has 0 saturated carbocycles. The fraction of sp³-hybridized carbons (Fsp3) is 0.778. The number of carbonyl (C=O) groups excluding carboxylic acids is 1. The van der Waals surface area contributed by atoms with Gasteiger partial charge in [0.1, 0.15) is 5.60 Å². The van der Waals surface area contributed by atoms with Crippen LogP contribution in [0, 0.1) is 6.92 Å². The molecule has 2 fully saturated rings. The maximum atomic E-state index is 12.5. The summed E-state index contributed by atoms with van der Waals surface area (Å²) in [5.41, 5.74) is -0.467. The average molecular weight is 378 g/mol. The molecule has 9 heteroatoms. The van der Waals surface area contributed by atoms with Crippen molar-refractivity contribution in [3.05, 3.63) is 11.7 Å². The number of rotatable bonds is 3. The Kier molecular flexibility index (Phi) is 5.57. The summed E-state index contributed by atoms with van der Waals surface area (Å²) in [5.74, 6) is 1.84. The van der Waals surface area contributed by atoms with Crippen LogP contribution in [-0.2, 0) is 11.3 Å². The van der Waals surface area contributed by atoms with Gasteiger partial charge in [0, 0.05) is 32.1 Å². The number of piperidine rings is 1. The van der Waals surface area contributed by atoms with Gasteiger partial charge in [-0.05, 0) is 46.5 Å². The van der Waals surface area contributed by atoms with E-state index < -0.39 is 5.60 Å². The molecule has 1 aromatic heterocycles. The monoisotopic (exact) mass is 378 g/mol. The highest BCUT2D eigenvalue weighted by Gasteiger charge is 2.45. The molecule has 1 amide bonds. The SMILES string of the molecule is CN=C(NCc1noc(C)n1)NC1CC2CCC(C1)N2C(=O)OC(C)(C)C. The van der Waals surface area contributed by atoms with Crippen molar-refractivity contribution in [2.24, 2.45) is 4.99 Å². The maximum Gasteiger partial charge on any atom is 0.410 e. The molecule has 2 aliphatic rings. The number of carbonyl (C=O) groups is 1. The van der Waals surface area contributed by atoms with E-state index in [1.54, 1.807) is 14.0 Å². The molecule has 2 bridgehead atoms. The number of amides is 1. The summed E-state index contributed by atoms with van der Waals surface area (Å²) >= 11 is 0. The summed E-state index contributed by atoms with van der Waals surface area (Å²) in [7, 11) is 1.74. The van der Waals surface area contributed by atoms with Crippen molar-refractivity contribution >= 4 is 12.1 Å². The molecule has 2 saturated heterocycles. The number of aliphatic imine (C=N–C) groups is 1. The Labute approximate surface area is 159 Å². The van der Waals surface area contributed by atoms with Crippen LogP contribution in [0.25, 0.3) is 0 Å². The van der Waals surface area contributed by atoms with Crippen molar-refractivity contribution in [3.8, 4) is 0 Å². The Morgan fingerprint density at radius 2 is 2.00 bits per heavy atom. The molecule has 2 aliphatic heterocycles. The average Bonchev–Trinajstić information content (AvgIpc) is 3.11. The Morgan fingerprint density at radius 3 is 2.52 bits per heavy atom. The summed E-state index contributed by atoms with van der Waals surface area (Å²) in [6, 6.07) is 0.697. The van der Waals surface area contributed by atoms with Crippen molar-refractivity contribution in [1.29, 1.82) is 0 Å². The zero-order valence-electron chi connectivity index (χ0n) is 16.8. The van der Waals surface area contributed by atoms with Crippen LogP contribution in [0.4, 0.5) is 4.79 Å². The van der Waals surface area contributed by atoms with Crippen molar-refractivity contribution in [2.75, 3.05) is 7.05 Å². The lowest BCUT2D eigenvalue weighted by atomic mass is 9.98. The van der Waals surface area contributed by atoms with Crippen LogP contribution in [0.15, 0.2) is 9.52 Å². The van der Waals surface area contributed by atoms with Gasteiger partial charge in [0.2, 0.25) is 5.89 Å². The van der Waals surface area contributed by atoms with E-state index in [0.717, 1.165) is 25.7 Å². The number of hydrogen-bond acceptors (Lipinski definition) is 6. The molecule has 9 nitrogen and oxygen atoms in total. The molecule has 2 atom stereocenters. The van der Waals surface area contributed by atoms with Gasteiger partial charge in [-0.15, -0.1) is 0 Å². The first-order valence-corrected chi connectivity index (χ1v) is 9.53. The van der Waals surface area contributed by atoms with Gasteiger partial charge in [0.25, 0.3) is 0 Å². The minimum Gasteiger partial charge on any atom is -0.444 e. The molecular weight excluding hydrogens is 348 g/mol. The lowest BCUT2D eigenvalue weighted by Crippen LogP contribution is -2.54. The quantitative estimate of drug-likeness (QED) is 0.612. The number of aryl methyl sites for hydroxylation is 1. The van der Waals surface area contributed by atoms with Gasteiger partial charge in [0.15, 0.2) is 11.8 Å². The fourth-order valence-electron chi connectivity index (χ4n) is 3.87. The van der Waals surface area contributed by atoms with Crippen LogP contribution in [0.3, 0.4) is 0 Å². The number of nitrogens with one attached hydrogen (secondary N) is 2. The third-order valence-corrected chi connectivity index (χ3v) is 4.89. The highest BCUT2D eigenvalue weighted by molar-refractivity contribution is 5.80. The summed E-state index contributed by atoms with van der Waals surface area (Å²) < 4.78 is 10.6. The van der Waals surface area contributed by atoms with E-state index in [2.05, 4.69) is 25.8 Å². The van der Waals surface area contributed by atoms with Gasteiger partial charge < -0.3 is 24.8 Å². The predicted octanol–water partition coefficient (Wildman–Crippen LogP) is 1.97. The maximum absolute atomic E-state index is 12.5. The lowest BCUT2D eigenvalue weighted by Gasteiger charge is -2.40. The van der Waals surface area contributed by atoms with Crippen LogP contribution in [0.1, 0.15) is 58.2 Å². The molecule has 27 heavy (non-hydrogen) atoms. The molecule has 0 aromatic carbocycles. The number of hydrogen-bond donors (Lipinski definition) is 2. The van der Waals surface area contributed by atoms with Gasteiger partial charge in [-0.3, -0.25) is 4.99 Å². The second-order valence-corrected chi connectivity index (χ2v) is 8.24. The number of fused-ring (bicyclic) bond motifs is 2. The minimum atomic E-state index is -0.467. The summed E-state index contributed by atoms with van der Waals surface area (Å²) in [6.45, 7) is 7.92. The molecule has 3 heterocycles. The summed E-state index contributed by atoms with van der Waals surface area (Å²) in [5, 5.41) is 10.5. The Hall–Kier alpha value is -2.32. The van der Waals surface area contributed by atoms with Crippen LogP contribution in [-0.4, -0.2) is 57.9 Å². The van der Waals surface area contributed by atoms with E-state index >= 15 is 0 Å². The van der Waals surface area contributed by atoms with E-state index in [-0.39, 0.29) is 24.2 Å². The highest BCUT2D eigenvalue weighted by Crippen LogP contribution is 2.36. The van der Waals surface area contributed by atoms with Crippen molar-refractivity contribution in [1.82, 2.24) is 25.7 Å². The molecule has 0 spiro atoms. The van der Waals surface area contributed by atoms with E-state index in [4.69, 9.17) is 9.26 Å². The van der Waals surface area contributed by atoms with Crippen molar-refractivity contribution < 1.29 is 14.1 Å². The van der Waals surface area contributed by atoms with Gasteiger partial charge in [-0.2, -0.15) is 4.98 Å². The summed E-state index contributed by atoms with van der Waals surface area (Å²) in [4.78, 5) is 22.9. The summed E-state index contributed by atoms with van der Waals surface area (Å²) in [6.07, 6.45) is 3.63. The number of guanidine groups is 1. The van der Waals surface area contributed by atoms with Crippen LogP contribution >= 0.6 is 0 Å². The zero-order chi connectivity index (χ0) is 19.6. The molecule has 150 valence electrons. The van der Waals surface area contributed by atoms with Gasteiger partial charge in [-0.25, -0.2) is 4.79 Å². The minimum absolute atomic E-state index is 0.191. The van der Waals surface area contributed by atoms with Crippen molar-refractivity contribution in [2.45, 2.75) is 83.6 Å². The zero-order valence-corrected chi connectivity index (χ0v) is 16.8. The molecule has 0 radical (unpaired) electrons. The predicted molar refractivity (Wildman–Crippen MR) is 100 cm³/mol. The third-order valence-electron chi connectivity index (χ3n) is 4.89. The van der Waals surface area contributed by atoms with Gasteiger partial charge in [-0.1, -0.05) is 5.16 Å². The van der Waals surface area contributed by atoms with E-state index in [1.807, 2.05) is 25.7 Å². The van der Waals surface area contributed by atoms with Gasteiger partial charge in [0.05, 0.1) is 6.54 Å². The Morgan fingerprint density at radius 1 is 1.33 bits per heavy atom. The van der Waals surface area contributed by atoms with Crippen LogP contribution in [0.2, 0.25) is 0 Å². The normalized spacial score (nSPS) is 25.4. The molecule has 1 aromatic rings. The fourth-order valence-corrected chi connectivity index (χ4v) is 3.87. The number of aromatic nitrogens is 2. The lowest BCUT2D eigenvalue weighted by molar-refractivity contribution is 0.00545. The van der Waals surface area contributed by atoms with Crippen LogP contribution < -0.4 is 10.6 Å². The standard InChI is InChI=1S/C18H30N6O3/c1-11-21-15(23-27-11)10-20-16(19-5)22-12-8-13-6-7-14(9-12)24(13)17(25)26-18(2,3)4/h12-14H,6-10H2,1-5H3,(H2,19,20,22). The smallest absolute Gasteiger partial charge is 0.410 e. The largest absolute Gasteiger partial charge is 0.444 e. The topological polar surface area (TPSA) is 105 Å². The molecule has 0 aliphatic carbocycles. The Balaban J connectivity index is 1.53. The first-order chi connectivity index (χ1) is 12.7. The second-order valence-electron chi connectivity index (χ2n) is 8.24. The van der Waals surface area contributed by atoms with Crippen LogP contribution in [0.5, 0.6) is 0 Å². The molecule has 2 unspecified atom stereocenters. The molecule has 2 N–H and O–H groups in total. The first-order valence-electron chi connectivity index (χ1n) is 9.53. The number of ether oxygens (including phenoxy) is 1. The van der Waals surface area contributed by atoms with Crippen molar-refractivity contribution in [3.63, 3.8) is 0 Å². The highest BCUT2D eigenvalue weighted by atomic mass is 16.6. The first kappa shape index (κ1) is 19.4. The van der Waals surface area contributed by atoms with E-state index in [9.17, 15) is 4.79 Å². The molecule has 3 rings (SSSR count). The van der Waals surface area contributed by atoms with E-state index in [1.165, 1.54) is 0 Å².